The van der Waals surface area contributed by atoms with Gasteiger partial charge in [-0.3, -0.25) is 0 Å². The van der Waals surface area contributed by atoms with Crippen LogP contribution in [0.25, 0.3) is 0 Å². The number of benzene rings is 1. The standard InChI is InChI=1S/C18H25NOS/c1-5-10-20-16-9-7-8-15(12-16)17(19-6-2)18-13(3)11-14(4)21-18/h7-9,11-12,17,19H,5-6,10H2,1-4H3. The number of thiophene rings is 1. The summed E-state index contributed by atoms with van der Waals surface area (Å²) in [5, 5.41) is 3.61. The summed E-state index contributed by atoms with van der Waals surface area (Å²) in [6.45, 7) is 10.4. The lowest BCUT2D eigenvalue weighted by molar-refractivity contribution is 0.317. The predicted octanol–water partition coefficient (Wildman–Crippen LogP) is 4.85. The second-order valence-corrected chi connectivity index (χ2v) is 6.60. The van der Waals surface area contributed by atoms with Gasteiger partial charge in [0.05, 0.1) is 12.6 Å². The number of aryl methyl sites for hydroxylation is 2. The van der Waals surface area contributed by atoms with E-state index in [1.807, 2.05) is 17.4 Å². The maximum absolute atomic E-state index is 5.77. The zero-order valence-corrected chi connectivity index (χ0v) is 14.2. The molecule has 0 saturated carbocycles. The molecule has 0 saturated heterocycles. The van der Waals surface area contributed by atoms with E-state index in [2.05, 4.69) is 57.3 Å². The summed E-state index contributed by atoms with van der Waals surface area (Å²) in [4.78, 5) is 2.77. The highest BCUT2D eigenvalue weighted by molar-refractivity contribution is 7.12. The first kappa shape index (κ1) is 16.1. The highest BCUT2D eigenvalue weighted by Crippen LogP contribution is 2.33. The van der Waals surface area contributed by atoms with Crippen molar-refractivity contribution >= 4 is 11.3 Å². The van der Waals surface area contributed by atoms with Gasteiger partial charge in [0, 0.05) is 9.75 Å². The van der Waals surface area contributed by atoms with Crippen LogP contribution in [0.15, 0.2) is 30.3 Å². The van der Waals surface area contributed by atoms with Gasteiger partial charge in [-0.25, -0.2) is 0 Å². The fourth-order valence-electron chi connectivity index (χ4n) is 2.52. The van der Waals surface area contributed by atoms with Crippen LogP contribution in [0.2, 0.25) is 0 Å². The number of hydrogen-bond acceptors (Lipinski definition) is 3. The molecular weight excluding hydrogens is 278 g/mol. The summed E-state index contributed by atoms with van der Waals surface area (Å²) in [5.74, 6) is 0.961. The third kappa shape index (κ3) is 4.08. The van der Waals surface area contributed by atoms with E-state index in [0.717, 1.165) is 25.3 Å². The molecular formula is C18H25NOS. The van der Waals surface area contributed by atoms with Crippen LogP contribution >= 0.6 is 11.3 Å². The van der Waals surface area contributed by atoms with E-state index in [4.69, 9.17) is 4.74 Å². The lowest BCUT2D eigenvalue weighted by Crippen LogP contribution is -2.21. The second kappa shape index (κ2) is 7.62. The second-order valence-electron chi connectivity index (χ2n) is 5.32. The lowest BCUT2D eigenvalue weighted by atomic mass is 10.0. The van der Waals surface area contributed by atoms with Gasteiger partial charge in [0.25, 0.3) is 0 Å². The smallest absolute Gasteiger partial charge is 0.119 e. The van der Waals surface area contributed by atoms with Crippen LogP contribution in [-0.4, -0.2) is 13.2 Å². The van der Waals surface area contributed by atoms with Crippen molar-refractivity contribution in [3.8, 4) is 5.75 Å². The molecule has 0 fully saturated rings. The van der Waals surface area contributed by atoms with Crippen molar-refractivity contribution in [3.05, 3.63) is 51.2 Å². The van der Waals surface area contributed by atoms with E-state index < -0.39 is 0 Å². The Bertz CT molecular complexity index is 576. The van der Waals surface area contributed by atoms with E-state index in [1.54, 1.807) is 0 Å². The van der Waals surface area contributed by atoms with Gasteiger partial charge in [0.15, 0.2) is 0 Å². The molecule has 1 N–H and O–H groups in total. The number of nitrogens with one attached hydrogen (secondary N) is 1. The quantitative estimate of drug-likeness (QED) is 0.789. The molecule has 1 unspecified atom stereocenters. The summed E-state index contributed by atoms with van der Waals surface area (Å²) in [7, 11) is 0. The molecule has 0 aliphatic heterocycles. The molecule has 2 nitrogen and oxygen atoms in total. The van der Waals surface area contributed by atoms with Gasteiger partial charge in [-0.05, 0) is 56.1 Å². The van der Waals surface area contributed by atoms with Crippen LogP contribution < -0.4 is 10.1 Å². The molecule has 21 heavy (non-hydrogen) atoms. The third-order valence-electron chi connectivity index (χ3n) is 3.41. The van der Waals surface area contributed by atoms with Crippen LogP contribution in [0.5, 0.6) is 5.75 Å². The first-order chi connectivity index (χ1) is 10.2. The first-order valence-corrected chi connectivity index (χ1v) is 8.50. The Hall–Kier alpha value is -1.32. The van der Waals surface area contributed by atoms with Crippen molar-refractivity contribution in [1.82, 2.24) is 5.32 Å². The van der Waals surface area contributed by atoms with Gasteiger partial charge in [-0.15, -0.1) is 11.3 Å². The van der Waals surface area contributed by atoms with E-state index >= 15 is 0 Å². The van der Waals surface area contributed by atoms with Crippen molar-refractivity contribution < 1.29 is 4.74 Å². The fraction of sp³-hybridized carbons (Fsp3) is 0.444. The molecule has 0 amide bonds. The summed E-state index contributed by atoms with van der Waals surface area (Å²) in [5.41, 5.74) is 2.64. The van der Waals surface area contributed by atoms with Gasteiger partial charge in [0.1, 0.15) is 5.75 Å². The van der Waals surface area contributed by atoms with Gasteiger partial charge in [0.2, 0.25) is 0 Å². The zero-order valence-electron chi connectivity index (χ0n) is 13.4. The van der Waals surface area contributed by atoms with E-state index in [9.17, 15) is 0 Å². The first-order valence-electron chi connectivity index (χ1n) is 7.68. The summed E-state index contributed by atoms with van der Waals surface area (Å²) in [6, 6.07) is 11.0. The molecule has 2 aromatic rings. The molecule has 0 aliphatic carbocycles. The average Bonchev–Trinajstić information content (AvgIpc) is 2.81. The van der Waals surface area contributed by atoms with Crippen molar-refractivity contribution in [2.45, 2.75) is 40.2 Å². The third-order valence-corrected chi connectivity index (χ3v) is 4.63. The Balaban J connectivity index is 2.31. The maximum Gasteiger partial charge on any atom is 0.119 e. The molecule has 1 heterocycles. The van der Waals surface area contributed by atoms with Crippen molar-refractivity contribution in [1.29, 1.82) is 0 Å². The molecule has 1 atom stereocenters. The number of hydrogen-bond donors (Lipinski definition) is 1. The van der Waals surface area contributed by atoms with E-state index in [1.165, 1.54) is 20.9 Å². The van der Waals surface area contributed by atoms with Gasteiger partial charge in [-0.2, -0.15) is 0 Å². The summed E-state index contributed by atoms with van der Waals surface area (Å²) in [6.07, 6.45) is 1.03. The Labute approximate surface area is 132 Å². The molecule has 0 radical (unpaired) electrons. The SMILES string of the molecule is CCCOc1cccc(C(NCC)c2sc(C)cc2C)c1. The Morgan fingerprint density at radius 1 is 1.19 bits per heavy atom. The van der Waals surface area contributed by atoms with Gasteiger partial charge < -0.3 is 10.1 Å². The Morgan fingerprint density at radius 2 is 2.00 bits per heavy atom. The monoisotopic (exact) mass is 303 g/mol. The van der Waals surface area contributed by atoms with Crippen LogP contribution in [0.1, 0.15) is 47.2 Å². The minimum Gasteiger partial charge on any atom is -0.494 e. The van der Waals surface area contributed by atoms with Crippen molar-refractivity contribution in [2.75, 3.05) is 13.2 Å². The Morgan fingerprint density at radius 3 is 2.62 bits per heavy atom. The average molecular weight is 303 g/mol. The predicted molar refractivity (Wildman–Crippen MR) is 91.5 cm³/mol. The summed E-state index contributed by atoms with van der Waals surface area (Å²) >= 11 is 1.88. The molecule has 0 spiro atoms. The molecule has 2 rings (SSSR count). The molecule has 0 bridgehead atoms. The summed E-state index contributed by atoms with van der Waals surface area (Å²) < 4.78 is 5.77. The molecule has 3 heteroatoms. The molecule has 1 aromatic carbocycles. The van der Waals surface area contributed by atoms with Gasteiger partial charge >= 0.3 is 0 Å². The highest BCUT2D eigenvalue weighted by Gasteiger charge is 2.18. The molecule has 0 aliphatic rings. The Kier molecular flexibility index (Phi) is 5.83. The van der Waals surface area contributed by atoms with Gasteiger partial charge in [-0.1, -0.05) is 26.0 Å². The van der Waals surface area contributed by atoms with Crippen LogP contribution in [-0.2, 0) is 0 Å². The normalized spacial score (nSPS) is 12.4. The van der Waals surface area contributed by atoms with Crippen LogP contribution in [0, 0.1) is 13.8 Å². The number of rotatable bonds is 7. The van der Waals surface area contributed by atoms with Crippen molar-refractivity contribution in [2.24, 2.45) is 0 Å². The highest BCUT2D eigenvalue weighted by atomic mass is 32.1. The zero-order chi connectivity index (χ0) is 15.2. The maximum atomic E-state index is 5.77. The molecule has 1 aromatic heterocycles. The minimum absolute atomic E-state index is 0.249. The minimum atomic E-state index is 0.249. The number of ether oxygens (including phenoxy) is 1. The largest absolute Gasteiger partial charge is 0.494 e. The van der Waals surface area contributed by atoms with Crippen molar-refractivity contribution in [3.63, 3.8) is 0 Å². The van der Waals surface area contributed by atoms with E-state index in [-0.39, 0.29) is 6.04 Å². The fourth-order valence-corrected chi connectivity index (χ4v) is 3.66. The van der Waals surface area contributed by atoms with Crippen LogP contribution in [0.4, 0.5) is 0 Å². The molecule has 114 valence electrons. The van der Waals surface area contributed by atoms with E-state index in [0.29, 0.717) is 0 Å². The lowest BCUT2D eigenvalue weighted by Gasteiger charge is -2.19. The van der Waals surface area contributed by atoms with Crippen LogP contribution in [0.3, 0.4) is 0 Å². The topological polar surface area (TPSA) is 21.3 Å².